The minimum Gasteiger partial charge on any atom is -0.454 e. The Balaban J connectivity index is 1.96. The van der Waals surface area contributed by atoms with Crippen molar-refractivity contribution >= 4 is 17.5 Å². The van der Waals surface area contributed by atoms with Gasteiger partial charge in [0.2, 0.25) is 5.91 Å². The van der Waals surface area contributed by atoms with E-state index in [1.54, 1.807) is 46.8 Å². The number of ether oxygens (including phenoxy) is 1. The normalized spacial score (nSPS) is 13.6. The molecule has 2 amide bonds. The van der Waals surface area contributed by atoms with Gasteiger partial charge in [0.25, 0.3) is 5.91 Å². The molecule has 2 aromatic carbocycles. The molecule has 0 aromatic heterocycles. The van der Waals surface area contributed by atoms with Gasteiger partial charge in [0.15, 0.2) is 5.75 Å². The van der Waals surface area contributed by atoms with Crippen molar-refractivity contribution < 1.29 is 19.5 Å². The highest BCUT2D eigenvalue weighted by Crippen LogP contribution is 2.35. The van der Waals surface area contributed by atoms with Gasteiger partial charge in [0.1, 0.15) is 11.3 Å². The van der Waals surface area contributed by atoms with Crippen LogP contribution in [0.1, 0.15) is 18.1 Å². The largest absolute Gasteiger partial charge is 0.454 e. The van der Waals surface area contributed by atoms with Crippen LogP contribution in [0.5, 0.6) is 5.75 Å². The molecule has 1 aliphatic rings. The van der Waals surface area contributed by atoms with E-state index < -0.39 is 5.91 Å². The standard InChI is InChI=1S/C23H20N2O4/c1-3-7-20-18(4-2)23(27)25(19-8-5-6-9-21(19)29-20)15-17-12-10-16(11-13-17)14-22(26)24-28/h2-3,5-13,28H,14-15H2,1H3,(H,24,26)/b7-3-. The van der Waals surface area contributed by atoms with E-state index in [4.69, 9.17) is 16.4 Å². The molecule has 6 nitrogen and oxygen atoms in total. The van der Waals surface area contributed by atoms with E-state index in [0.29, 0.717) is 17.2 Å². The van der Waals surface area contributed by atoms with Crippen LogP contribution >= 0.6 is 0 Å². The summed E-state index contributed by atoms with van der Waals surface area (Å²) in [6.07, 6.45) is 9.13. The summed E-state index contributed by atoms with van der Waals surface area (Å²) < 4.78 is 5.93. The van der Waals surface area contributed by atoms with Crippen molar-refractivity contribution in [3.05, 3.63) is 83.1 Å². The molecule has 1 aliphatic heterocycles. The molecule has 6 heteroatoms. The number of nitrogens with one attached hydrogen (secondary N) is 1. The molecule has 0 saturated heterocycles. The number of carbonyl (C=O) groups excluding carboxylic acids is 2. The van der Waals surface area contributed by atoms with Crippen molar-refractivity contribution in [3.63, 3.8) is 0 Å². The Morgan fingerprint density at radius 2 is 1.90 bits per heavy atom. The van der Waals surface area contributed by atoms with Crippen LogP contribution in [0.15, 0.2) is 72.0 Å². The summed E-state index contributed by atoms with van der Waals surface area (Å²) >= 11 is 0. The maximum Gasteiger partial charge on any atom is 0.271 e. The SMILES string of the molecule is C#CC1=C(/C=C\C)Oc2ccccc2N(Cc2ccc(CC(=O)NO)cc2)C1=O. The lowest BCUT2D eigenvalue weighted by Gasteiger charge is -2.22. The van der Waals surface area contributed by atoms with E-state index in [2.05, 4.69) is 5.92 Å². The van der Waals surface area contributed by atoms with Gasteiger partial charge in [0, 0.05) is 0 Å². The molecule has 0 radical (unpaired) electrons. The summed E-state index contributed by atoms with van der Waals surface area (Å²) in [5, 5.41) is 8.64. The van der Waals surface area contributed by atoms with Crippen LogP contribution in [0.2, 0.25) is 0 Å². The number of hydroxylamine groups is 1. The fourth-order valence-corrected chi connectivity index (χ4v) is 3.01. The van der Waals surface area contributed by atoms with Gasteiger partial charge in [-0.25, -0.2) is 5.48 Å². The van der Waals surface area contributed by atoms with Crippen LogP contribution in [0.3, 0.4) is 0 Å². The first-order valence-corrected chi connectivity index (χ1v) is 9.00. The van der Waals surface area contributed by atoms with E-state index in [0.717, 1.165) is 11.1 Å². The van der Waals surface area contributed by atoms with Gasteiger partial charge in [-0.05, 0) is 36.3 Å². The number of hydrogen-bond donors (Lipinski definition) is 2. The fraction of sp³-hybridized carbons (Fsp3) is 0.130. The summed E-state index contributed by atoms with van der Waals surface area (Å²) in [6, 6.07) is 14.5. The third-order valence-electron chi connectivity index (χ3n) is 4.40. The van der Waals surface area contributed by atoms with Crippen LogP contribution in [-0.2, 0) is 22.6 Å². The maximum atomic E-state index is 13.2. The molecule has 2 aromatic rings. The van der Waals surface area contributed by atoms with E-state index in [1.807, 2.05) is 31.2 Å². The lowest BCUT2D eigenvalue weighted by Crippen LogP contribution is -2.31. The van der Waals surface area contributed by atoms with Gasteiger partial charge in [-0.1, -0.05) is 48.4 Å². The van der Waals surface area contributed by atoms with Crippen LogP contribution < -0.4 is 15.1 Å². The monoisotopic (exact) mass is 388 g/mol. The molecule has 29 heavy (non-hydrogen) atoms. The molecular weight excluding hydrogens is 368 g/mol. The van der Waals surface area contributed by atoms with Gasteiger partial charge in [-0.3, -0.25) is 19.7 Å². The molecule has 2 N–H and O–H groups in total. The molecule has 146 valence electrons. The number of hydrogen-bond acceptors (Lipinski definition) is 4. The predicted octanol–water partition coefficient (Wildman–Crippen LogP) is 3.12. The minimum atomic E-state index is -0.494. The Kier molecular flexibility index (Phi) is 6.12. The van der Waals surface area contributed by atoms with Gasteiger partial charge in [-0.2, -0.15) is 0 Å². The van der Waals surface area contributed by atoms with E-state index >= 15 is 0 Å². The zero-order valence-electron chi connectivity index (χ0n) is 15.9. The summed E-state index contributed by atoms with van der Waals surface area (Å²) in [7, 11) is 0. The Morgan fingerprint density at radius 1 is 1.21 bits per heavy atom. The zero-order valence-corrected chi connectivity index (χ0v) is 15.9. The van der Waals surface area contributed by atoms with Crippen molar-refractivity contribution in [3.8, 4) is 18.1 Å². The molecule has 0 atom stereocenters. The van der Waals surface area contributed by atoms with Crippen molar-refractivity contribution in [2.75, 3.05) is 4.90 Å². The first kappa shape index (κ1) is 19.9. The lowest BCUT2D eigenvalue weighted by atomic mass is 10.1. The van der Waals surface area contributed by atoms with Gasteiger partial charge in [0.05, 0.1) is 18.7 Å². The number of anilines is 1. The summed E-state index contributed by atoms with van der Waals surface area (Å²) in [4.78, 5) is 26.1. The highest BCUT2D eigenvalue weighted by Gasteiger charge is 2.28. The molecule has 0 unspecified atom stereocenters. The quantitative estimate of drug-likeness (QED) is 0.469. The predicted molar refractivity (Wildman–Crippen MR) is 109 cm³/mol. The number of terminal acetylenes is 1. The highest BCUT2D eigenvalue weighted by molar-refractivity contribution is 6.10. The summed E-state index contributed by atoms with van der Waals surface area (Å²) in [6.45, 7) is 2.10. The second-order valence-corrected chi connectivity index (χ2v) is 6.37. The smallest absolute Gasteiger partial charge is 0.271 e. The lowest BCUT2D eigenvalue weighted by molar-refractivity contribution is -0.128. The first-order chi connectivity index (χ1) is 14.1. The van der Waals surface area contributed by atoms with Crippen molar-refractivity contribution in [1.29, 1.82) is 0 Å². The van der Waals surface area contributed by atoms with E-state index in [9.17, 15) is 9.59 Å². The number of para-hydroxylation sites is 2. The van der Waals surface area contributed by atoms with E-state index in [1.165, 1.54) is 0 Å². The second kappa shape index (κ2) is 8.91. The Hall–Kier alpha value is -3.82. The van der Waals surface area contributed by atoms with Crippen molar-refractivity contribution in [2.24, 2.45) is 0 Å². The van der Waals surface area contributed by atoms with Crippen LogP contribution in [0.4, 0.5) is 5.69 Å². The first-order valence-electron chi connectivity index (χ1n) is 9.00. The van der Waals surface area contributed by atoms with Crippen molar-refractivity contribution in [1.82, 2.24) is 5.48 Å². The Bertz CT molecular complexity index is 1030. The van der Waals surface area contributed by atoms with Crippen molar-refractivity contribution in [2.45, 2.75) is 19.9 Å². The number of allylic oxidation sites excluding steroid dienone is 2. The number of benzene rings is 2. The van der Waals surface area contributed by atoms with Gasteiger partial charge < -0.3 is 4.74 Å². The number of nitrogens with zero attached hydrogens (tertiary/aromatic N) is 1. The highest BCUT2D eigenvalue weighted by atomic mass is 16.5. The third kappa shape index (κ3) is 4.37. The maximum absolute atomic E-state index is 13.2. The molecule has 3 rings (SSSR count). The number of amides is 2. The second-order valence-electron chi connectivity index (χ2n) is 6.37. The number of carbonyl (C=O) groups is 2. The average Bonchev–Trinajstić information content (AvgIpc) is 2.84. The van der Waals surface area contributed by atoms with Crippen LogP contribution in [0, 0.1) is 12.3 Å². The number of fused-ring (bicyclic) bond motifs is 1. The third-order valence-corrected chi connectivity index (χ3v) is 4.40. The topological polar surface area (TPSA) is 78.9 Å². The van der Waals surface area contributed by atoms with Gasteiger partial charge >= 0.3 is 0 Å². The van der Waals surface area contributed by atoms with Crippen LogP contribution in [0.25, 0.3) is 0 Å². The molecule has 1 heterocycles. The molecule has 0 saturated carbocycles. The molecular formula is C23H20N2O4. The minimum absolute atomic E-state index is 0.0623. The number of rotatable bonds is 5. The van der Waals surface area contributed by atoms with Gasteiger partial charge in [-0.15, -0.1) is 6.42 Å². The van der Waals surface area contributed by atoms with Crippen LogP contribution in [-0.4, -0.2) is 17.0 Å². The zero-order chi connectivity index (χ0) is 20.8. The Labute approximate surface area is 169 Å². The molecule has 0 fully saturated rings. The molecule has 0 bridgehead atoms. The average molecular weight is 388 g/mol. The summed E-state index contributed by atoms with van der Waals surface area (Å²) in [5.74, 6) is 2.51. The fourth-order valence-electron chi connectivity index (χ4n) is 3.01. The van der Waals surface area contributed by atoms with E-state index in [-0.39, 0.29) is 24.4 Å². The molecule has 0 spiro atoms. The molecule has 0 aliphatic carbocycles. The summed E-state index contributed by atoms with van der Waals surface area (Å²) in [5.41, 5.74) is 3.97. The Morgan fingerprint density at radius 3 is 2.55 bits per heavy atom.